The molecule has 4 unspecified atom stereocenters. The summed E-state index contributed by atoms with van der Waals surface area (Å²) in [5.41, 5.74) is 0.332. The third kappa shape index (κ3) is 5.01. The van der Waals surface area contributed by atoms with Gasteiger partial charge in [0.15, 0.2) is 0 Å². The average molecular weight is 495 g/mol. The Morgan fingerprint density at radius 2 is 1.67 bits per heavy atom. The van der Waals surface area contributed by atoms with Crippen LogP contribution in [0, 0.1) is 52.3 Å². The zero-order valence-electron chi connectivity index (χ0n) is 21.2. The Morgan fingerprint density at radius 3 is 2.30 bits per heavy atom. The van der Waals surface area contributed by atoms with Crippen LogP contribution in [0.5, 0.6) is 0 Å². The Bertz CT molecular complexity index is 792. The molecule has 4 aliphatic carbocycles. The van der Waals surface area contributed by atoms with Crippen molar-refractivity contribution < 1.29 is 56.9 Å². The molecule has 4 aliphatic rings. The molecule has 2 N–H and O–H groups in total. The van der Waals surface area contributed by atoms with Crippen LogP contribution in [-0.4, -0.2) is 42.0 Å². The molecule has 4 saturated carbocycles. The number of hydrogen-bond donors (Lipinski definition) is 2. The van der Waals surface area contributed by atoms with E-state index in [0.29, 0.717) is 36.0 Å². The minimum Gasteiger partial charge on any atom is -0.726 e. The van der Waals surface area contributed by atoms with Crippen molar-refractivity contribution in [3.8, 4) is 0 Å². The summed E-state index contributed by atoms with van der Waals surface area (Å²) in [6, 6.07) is 0. The smallest absolute Gasteiger partial charge is 0.726 e. The van der Waals surface area contributed by atoms with Crippen LogP contribution in [0.2, 0.25) is 0 Å². The average Bonchev–Trinajstić information content (AvgIpc) is 3.06. The normalized spacial score (nSPS) is 48.2. The van der Waals surface area contributed by atoms with Crippen LogP contribution < -0.4 is 29.6 Å². The molecule has 33 heavy (non-hydrogen) atoms. The summed E-state index contributed by atoms with van der Waals surface area (Å²) in [6.07, 6.45) is 8.26. The summed E-state index contributed by atoms with van der Waals surface area (Å²) < 4.78 is 37.0. The number of rotatable bonds is 6. The molecular formula is C25H43NaO6S. The molecule has 0 amide bonds. The summed E-state index contributed by atoms with van der Waals surface area (Å²) in [7, 11) is -4.64. The van der Waals surface area contributed by atoms with Gasteiger partial charge in [-0.15, -0.1) is 0 Å². The van der Waals surface area contributed by atoms with E-state index in [4.69, 9.17) is 0 Å². The molecule has 6 nitrogen and oxygen atoms in total. The third-order valence-electron chi connectivity index (χ3n) is 11.0. The summed E-state index contributed by atoms with van der Waals surface area (Å²) in [4.78, 5) is 0. The second-order valence-electron chi connectivity index (χ2n) is 12.1. The van der Waals surface area contributed by atoms with Crippen molar-refractivity contribution in [1.82, 2.24) is 0 Å². The van der Waals surface area contributed by atoms with Crippen molar-refractivity contribution in [2.45, 2.75) is 97.7 Å². The van der Waals surface area contributed by atoms with E-state index in [1.807, 2.05) is 0 Å². The van der Waals surface area contributed by atoms with E-state index in [2.05, 4.69) is 31.9 Å². The van der Waals surface area contributed by atoms with Gasteiger partial charge >= 0.3 is 29.6 Å². The minimum atomic E-state index is -4.64. The molecule has 0 bridgehead atoms. The summed E-state index contributed by atoms with van der Waals surface area (Å²) in [6.45, 7) is 9.17. The van der Waals surface area contributed by atoms with Crippen LogP contribution in [-0.2, 0) is 14.6 Å². The van der Waals surface area contributed by atoms with E-state index in [1.54, 1.807) is 0 Å². The van der Waals surface area contributed by atoms with E-state index >= 15 is 0 Å². The molecule has 4 fully saturated rings. The summed E-state index contributed by atoms with van der Waals surface area (Å²) >= 11 is 0. The van der Waals surface area contributed by atoms with Gasteiger partial charge in [0, 0.05) is 0 Å². The van der Waals surface area contributed by atoms with E-state index in [9.17, 15) is 23.2 Å². The Balaban J connectivity index is 0.00000306. The van der Waals surface area contributed by atoms with Gasteiger partial charge in [-0.05, 0) is 104 Å². The topological polar surface area (TPSA) is 107 Å². The van der Waals surface area contributed by atoms with Gasteiger partial charge < -0.3 is 14.8 Å². The standard InChI is InChI=1S/C25H44O6S.Na/c1-5-17-21-14-16(26)8-11-25(21,4)20-9-12-24(3)18(6-7-19(24)22(20)23(17)27)15(2)10-13-31-32(28,29)30;/h15-23,26-27H,5-14H2,1-4H3,(H,28,29,30);/q;+1/p-1/t15-,16-,17-,18?,19?,20?,21+,22?,23+,24-,25-;/m1./s1. The second-order valence-corrected chi connectivity index (χ2v) is 13.2. The Labute approximate surface area is 222 Å². The number of fused-ring (bicyclic) bond motifs is 5. The SMILES string of the molecule is CC[C@H]1[C@H](O)C2C3CCC([C@H](C)CCOS(=O)(=O)[O-])[C@@]3(C)CCC2[C@@]2(C)CC[C@@H](O)C[C@@H]12.[Na+]. The maximum absolute atomic E-state index is 11.7. The Kier molecular flexibility index (Phi) is 8.83. The van der Waals surface area contributed by atoms with E-state index in [0.717, 1.165) is 51.4 Å². The first kappa shape index (κ1) is 28.4. The fraction of sp³-hybridized carbons (Fsp3) is 1.00. The molecule has 0 aromatic carbocycles. The molecule has 4 rings (SSSR count). The largest absolute Gasteiger partial charge is 1.00 e. The zero-order valence-corrected chi connectivity index (χ0v) is 24.0. The van der Waals surface area contributed by atoms with Crippen molar-refractivity contribution in [3.63, 3.8) is 0 Å². The van der Waals surface area contributed by atoms with Crippen LogP contribution in [0.4, 0.5) is 0 Å². The van der Waals surface area contributed by atoms with E-state index in [-0.39, 0.29) is 71.0 Å². The number of aliphatic hydroxyl groups is 2. The van der Waals surface area contributed by atoms with Crippen molar-refractivity contribution >= 4 is 10.4 Å². The monoisotopic (exact) mass is 494 g/mol. The molecule has 11 atom stereocenters. The number of aliphatic hydroxyl groups excluding tert-OH is 2. The van der Waals surface area contributed by atoms with Crippen molar-refractivity contribution in [2.24, 2.45) is 52.3 Å². The Morgan fingerprint density at radius 1 is 1.03 bits per heavy atom. The predicted molar refractivity (Wildman–Crippen MR) is 121 cm³/mol. The van der Waals surface area contributed by atoms with Crippen LogP contribution in [0.1, 0.15) is 85.5 Å². The zero-order chi connectivity index (χ0) is 23.5. The molecule has 0 aromatic rings. The van der Waals surface area contributed by atoms with Crippen molar-refractivity contribution in [1.29, 1.82) is 0 Å². The van der Waals surface area contributed by atoms with Crippen LogP contribution >= 0.6 is 0 Å². The van der Waals surface area contributed by atoms with Gasteiger partial charge in [-0.25, -0.2) is 8.42 Å². The molecule has 0 radical (unpaired) electrons. The van der Waals surface area contributed by atoms with Gasteiger partial charge in [-0.2, -0.15) is 0 Å². The fourth-order valence-corrected chi connectivity index (χ4v) is 9.77. The van der Waals surface area contributed by atoms with E-state index in [1.165, 1.54) is 0 Å². The quantitative estimate of drug-likeness (QED) is 0.326. The van der Waals surface area contributed by atoms with Gasteiger partial charge in [0.25, 0.3) is 0 Å². The molecular weight excluding hydrogens is 451 g/mol. The molecule has 8 heteroatoms. The van der Waals surface area contributed by atoms with Gasteiger partial charge in [0.05, 0.1) is 18.8 Å². The van der Waals surface area contributed by atoms with Crippen LogP contribution in [0.3, 0.4) is 0 Å². The third-order valence-corrected chi connectivity index (χ3v) is 11.4. The second kappa shape index (κ2) is 10.3. The molecule has 0 heterocycles. The summed E-state index contributed by atoms with van der Waals surface area (Å²) in [5, 5.41) is 22.1. The summed E-state index contributed by atoms with van der Waals surface area (Å²) in [5.74, 6) is 2.69. The molecule has 0 saturated heterocycles. The minimum absolute atomic E-state index is 0. The van der Waals surface area contributed by atoms with Gasteiger partial charge in [0.1, 0.15) is 0 Å². The van der Waals surface area contributed by atoms with E-state index < -0.39 is 10.4 Å². The van der Waals surface area contributed by atoms with Crippen LogP contribution in [0.15, 0.2) is 0 Å². The van der Waals surface area contributed by atoms with Gasteiger partial charge in [0.2, 0.25) is 10.4 Å². The molecule has 186 valence electrons. The molecule has 0 aliphatic heterocycles. The van der Waals surface area contributed by atoms with Crippen molar-refractivity contribution in [2.75, 3.05) is 6.61 Å². The predicted octanol–water partition coefficient (Wildman–Crippen LogP) is 1.12. The number of hydrogen-bond acceptors (Lipinski definition) is 6. The molecule has 0 aromatic heterocycles. The Hall–Kier alpha value is 0.790. The van der Waals surface area contributed by atoms with Crippen molar-refractivity contribution in [3.05, 3.63) is 0 Å². The van der Waals surface area contributed by atoms with Gasteiger partial charge in [-0.3, -0.25) is 4.18 Å². The first-order chi connectivity index (χ1) is 14.9. The maximum Gasteiger partial charge on any atom is 1.00 e. The molecule has 0 spiro atoms. The first-order valence-electron chi connectivity index (χ1n) is 12.9. The van der Waals surface area contributed by atoms with Gasteiger partial charge in [-0.1, -0.05) is 34.1 Å². The van der Waals surface area contributed by atoms with Crippen LogP contribution in [0.25, 0.3) is 0 Å². The first-order valence-corrected chi connectivity index (χ1v) is 14.2. The maximum atomic E-state index is 11.7. The fourth-order valence-electron chi connectivity index (χ4n) is 9.47.